The third kappa shape index (κ3) is 2.96. The van der Waals surface area contributed by atoms with Gasteiger partial charge in [-0.1, -0.05) is 58.8 Å². The van der Waals surface area contributed by atoms with E-state index >= 15 is 0 Å². The lowest BCUT2D eigenvalue weighted by Crippen LogP contribution is -1.90. The second kappa shape index (κ2) is 6.19. The predicted octanol–water partition coefficient (Wildman–Crippen LogP) is 4.99. The Morgan fingerprint density at radius 3 is 2.46 bits per heavy atom. The minimum Gasteiger partial charge on any atom is -0.182 e. The first-order valence-electron chi connectivity index (χ1n) is 7.42. The molecule has 4 aromatic rings. The Hall–Kier alpha value is -2.50. The average molecular weight is 353 g/mol. The van der Waals surface area contributed by atoms with E-state index in [2.05, 4.69) is 46.5 Å². The Morgan fingerprint density at radius 2 is 1.71 bits per heavy atom. The van der Waals surface area contributed by atoms with Crippen LogP contribution in [0.3, 0.4) is 0 Å². The van der Waals surface area contributed by atoms with Gasteiger partial charge in [0.05, 0.1) is 0 Å². The van der Waals surface area contributed by atoms with Crippen LogP contribution < -0.4 is 0 Å². The quantitative estimate of drug-likeness (QED) is 0.522. The molecule has 2 aromatic heterocycles. The van der Waals surface area contributed by atoms with E-state index in [1.54, 1.807) is 4.52 Å². The second-order valence-corrected chi connectivity index (χ2v) is 6.83. The molecule has 2 heterocycles. The maximum absolute atomic E-state index is 5.94. The van der Waals surface area contributed by atoms with Gasteiger partial charge in [-0.05, 0) is 42.8 Å². The van der Waals surface area contributed by atoms with Crippen molar-refractivity contribution in [2.75, 3.05) is 0 Å². The lowest BCUT2D eigenvalue weighted by atomic mass is 10.1. The SMILES string of the molecule is Cc1ccc(C=Cc2nn3c(-c4ccc(Cl)cc4)nnc3s2)cc1. The smallest absolute Gasteiger partial charge is 0.182 e. The molecule has 0 aliphatic heterocycles. The Kier molecular flexibility index (Phi) is 3.88. The lowest BCUT2D eigenvalue weighted by Gasteiger charge is -1.96. The first-order chi connectivity index (χ1) is 11.7. The standard InChI is InChI=1S/C18H13ClN4S/c1-12-2-4-13(5-3-12)6-11-16-22-23-17(20-21-18(23)24-16)14-7-9-15(19)10-8-14/h2-11H,1H3. The molecule has 0 spiro atoms. The van der Waals surface area contributed by atoms with Crippen molar-refractivity contribution in [1.82, 2.24) is 19.8 Å². The van der Waals surface area contributed by atoms with Crippen molar-refractivity contribution in [1.29, 1.82) is 0 Å². The number of rotatable bonds is 3. The third-order valence-electron chi connectivity index (χ3n) is 3.60. The fourth-order valence-electron chi connectivity index (χ4n) is 2.32. The molecule has 4 rings (SSSR count). The van der Waals surface area contributed by atoms with Gasteiger partial charge in [-0.25, -0.2) is 0 Å². The van der Waals surface area contributed by atoms with Crippen molar-refractivity contribution in [2.45, 2.75) is 6.92 Å². The van der Waals surface area contributed by atoms with Crippen molar-refractivity contribution in [3.63, 3.8) is 0 Å². The molecule has 0 aliphatic carbocycles. The van der Waals surface area contributed by atoms with E-state index in [1.807, 2.05) is 36.4 Å². The van der Waals surface area contributed by atoms with Gasteiger partial charge in [-0.2, -0.15) is 9.61 Å². The molecular formula is C18H13ClN4S. The molecule has 4 nitrogen and oxygen atoms in total. The van der Waals surface area contributed by atoms with Crippen LogP contribution in [0.2, 0.25) is 5.02 Å². The number of hydrogen-bond acceptors (Lipinski definition) is 4. The second-order valence-electron chi connectivity index (χ2n) is 5.41. The van der Waals surface area contributed by atoms with Crippen molar-refractivity contribution in [2.24, 2.45) is 0 Å². The molecule has 6 heteroatoms. The van der Waals surface area contributed by atoms with Crippen LogP contribution in [0.25, 0.3) is 28.5 Å². The van der Waals surface area contributed by atoms with Crippen LogP contribution in [0.15, 0.2) is 48.5 Å². The summed E-state index contributed by atoms with van der Waals surface area (Å²) >= 11 is 7.44. The van der Waals surface area contributed by atoms with Gasteiger partial charge < -0.3 is 0 Å². The Labute approximate surface area is 148 Å². The minimum absolute atomic E-state index is 0.694. The first-order valence-corrected chi connectivity index (χ1v) is 8.61. The fraction of sp³-hybridized carbons (Fsp3) is 0.0556. The molecule has 0 radical (unpaired) electrons. The number of hydrogen-bond donors (Lipinski definition) is 0. The molecule has 0 saturated carbocycles. The summed E-state index contributed by atoms with van der Waals surface area (Å²) in [4.78, 5) is 0.767. The number of aryl methyl sites for hydroxylation is 1. The van der Waals surface area contributed by atoms with E-state index in [1.165, 1.54) is 16.9 Å². The maximum Gasteiger partial charge on any atom is 0.235 e. The molecule has 0 N–H and O–H groups in total. The summed E-state index contributed by atoms with van der Waals surface area (Å²) in [5.74, 6) is 0.716. The number of benzene rings is 2. The van der Waals surface area contributed by atoms with Gasteiger partial charge in [-0.15, -0.1) is 10.2 Å². The van der Waals surface area contributed by atoms with Crippen molar-refractivity contribution >= 4 is 40.1 Å². The van der Waals surface area contributed by atoms with E-state index in [0.717, 1.165) is 21.1 Å². The Balaban J connectivity index is 1.66. The molecule has 118 valence electrons. The third-order valence-corrected chi connectivity index (χ3v) is 4.72. The van der Waals surface area contributed by atoms with Crippen molar-refractivity contribution < 1.29 is 0 Å². The monoisotopic (exact) mass is 352 g/mol. The molecule has 0 fully saturated rings. The summed E-state index contributed by atoms with van der Waals surface area (Å²) in [6, 6.07) is 15.9. The molecule has 2 aromatic carbocycles. The van der Waals surface area contributed by atoms with Crippen LogP contribution in [0.4, 0.5) is 0 Å². The highest BCUT2D eigenvalue weighted by atomic mass is 35.5. The largest absolute Gasteiger partial charge is 0.235 e. The summed E-state index contributed by atoms with van der Waals surface area (Å²) in [7, 11) is 0. The van der Waals surface area contributed by atoms with Gasteiger partial charge in [0, 0.05) is 10.6 Å². The molecule has 0 bridgehead atoms. The zero-order valence-electron chi connectivity index (χ0n) is 12.8. The van der Waals surface area contributed by atoms with E-state index in [9.17, 15) is 0 Å². The molecule has 0 atom stereocenters. The predicted molar refractivity (Wildman–Crippen MR) is 99.2 cm³/mol. The minimum atomic E-state index is 0.694. The molecule has 24 heavy (non-hydrogen) atoms. The average Bonchev–Trinajstić information content (AvgIpc) is 3.15. The van der Waals surface area contributed by atoms with E-state index < -0.39 is 0 Å². The van der Waals surface area contributed by atoms with Crippen LogP contribution in [0, 0.1) is 6.92 Å². The van der Waals surface area contributed by atoms with E-state index in [-0.39, 0.29) is 0 Å². The van der Waals surface area contributed by atoms with E-state index in [4.69, 9.17) is 11.6 Å². The van der Waals surface area contributed by atoms with Gasteiger partial charge in [0.1, 0.15) is 5.01 Å². The molecular weight excluding hydrogens is 340 g/mol. The van der Waals surface area contributed by atoms with Crippen molar-refractivity contribution in [3.05, 3.63) is 69.7 Å². The summed E-state index contributed by atoms with van der Waals surface area (Å²) in [6.07, 6.45) is 4.04. The zero-order chi connectivity index (χ0) is 16.5. The fourth-order valence-corrected chi connectivity index (χ4v) is 3.19. The highest BCUT2D eigenvalue weighted by molar-refractivity contribution is 7.17. The van der Waals surface area contributed by atoms with Gasteiger partial charge in [-0.3, -0.25) is 0 Å². The maximum atomic E-state index is 5.94. The van der Waals surface area contributed by atoms with Gasteiger partial charge >= 0.3 is 0 Å². The highest BCUT2D eigenvalue weighted by Gasteiger charge is 2.12. The first kappa shape index (κ1) is 15.1. The molecule has 0 unspecified atom stereocenters. The summed E-state index contributed by atoms with van der Waals surface area (Å²) < 4.78 is 1.77. The van der Waals surface area contributed by atoms with Crippen LogP contribution in [0.5, 0.6) is 0 Å². The van der Waals surface area contributed by atoms with Crippen LogP contribution >= 0.6 is 22.9 Å². The highest BCUT2D eigenvalue weighted by Crippen LogP contribution is 2.23. The Morgan fingerprint density at radius 1 is 0.958 bits per heavy atom. The van der Waals surface area contributed by atoms with Gasteiger partial charge in [0.15, 0.2) is 5.82 Å². The molecule has 0 aliphatic rings. The van der Waals surface area contributed by atoms with Crippen molar-refractivity contribution in [3.8, 4) is 11.4 Å². The zero-order valence-corrected chi connectivity index (χ0v) is 14.4. The van der Waals surface area contributed by atoms with Crippen LogP contribution in [-0.4, -0.2) is 19.8 Å². The number of nitrogens with zero attached hydrogens (tertiary/aromatic N) is 4. The molecule has 0 saturated heterocycles. The Bertz CT molecular complexity index is 1010. The number of aromatic nitrogens is 4. The summed E-state index contributed by atoms with van der Waals surface area (Å²) in [5.41, 5.74) is 3.33. The lowest BCUT2D eigenvalue weighted by molar-refractivity contribution is 0.960. The summed E-state index contributed by atoms with van der Waals surface area (Å²) in [5, 5.41) is 14.6. The number of fused-ring (bicyclic) bond motifs is 1. The number of halogens is 1. The van der Waals surface area contributed by atoms with E-state index in [0.29, 0.717) is 10.8 Å². The summed E-state index contributed by atoms with van der Waals surface area (Å²) in [6.45, 7) is 2.08. The normalized spacial score (nSPS) is 11.6. The van der Waals surface area contributed by atoms with Crippen LogP contribution in [-0.2, 0) is 0 Å². The van der Waals surface area contributed by atoms with Gasteiger partial charge in [0.25, 0.3) is 0 Å². The van der Waals surface area contributed by atoms with Gasteiger partial charge in [0.2, 0.25) is 4.96 Å². The van der Waals surface area contributed by atoms with Crippen LogP contribution in [0.1, 0.15) is 16.1 Å². The topological polar surface area (TPSA) is 43.1 Å². The molecule has 0 amide bonds.